The smallest absolute Gasteiger partial charge is 0.0555 e. The molecule has 0 aliphatic rings. The lowest BCUT2D eigenvalue weighted by atomic mass is 9.99. The standard InChI is InChI=1S/C42H26N2S/c1-2-12-27(13-3-1)29-17-10-22-39-41(29)42-38(21-11-23-40(42)45-39)44-36-20-9-6-16-32(36)33-26-28(24-25-37(33)44)43-34-18-7-4-14-30(34)31-15-5-8-19-35(31)43/h1-26H. The number of benzene rings is 7. The number of thiophene rings is 1. The lowest BCUT2D eigenvalue weighted by molar-refractivity contribution is 1.17. The summed E-state index contributed by atoms with van der Waals surface area (Å²) in [6.45, 7) is 0. The topological polar surface area (TPSA) is 9.86 Å². The number of fused-ring (bicyclic) bond motifs is 9. The molecule has 0 unspecified atom stereocenters. The van der Waals surface area contributed by atoms with Crippen molar-refractivity contribution in [1.29, 1.82) is 0 Å². The number of rotatable bonds is 3. The lowest BCUT2D eigenvalue weighted by Crippen LogP contribution is -1.96. The number of nitrogens with zero attached hydrogens (tertiary/aromatic N) is 2. The van der Waals surface area contributed by atoms with Crippen molar-refractivity contribution in [1.82, 2.24) is 9.13 Å². The molecule has 7 aromatic carbocycles. The minimum Gasteiger partial charge on any atom is -0.309 e. The number of hydrogen-bond donors (Lipinski definition) is 0. The highest BCUT2D eigenvalue weighted by atomic mass is 32.1. The minimum atomic E-state index is 1.17. The maximum atomic E-state index is 2.48. The van der Waals surface area contributed by atoms with Gasteiger partial charge < -0.3 is 9.13 Å². The molecule has 0 amide bonds. The molecule has 10 aromatic rings. The Bertz CT molecular complexity index is 2710. The fraction of sp³-hybridized carbons (Fsp3) is 0. The molecule has 0 aliphatic heterocycles. The van der Waals surface area contributed by atoms with Crippen LogP contribution in [0, 0.1) is 0 Å². The third-order valence-corrected chi connectivity index (χ3v) is 10.4. The summed E-state index contributed by atoms with van der Waals surface area (Å²) in [5, 5.41) is 7.71. The largest absolute Gasteiger partial charge is 0.309 e. The van der Waals surface area contributed by atoms with Gasteiger partial charge in [0.15, 0.2) is 0 Å². The lowest BCUT2D eigenvalue weighted by Gasteiger charge is -2.13. The Morgan fingerprint density at radius 3 is 1.64 bits per heavy atom. The zero-order valence-electron chi connectivity index (χ0n) is 24.3. The molecule has 2 nitrogen and oxygen atoms in total. The van der Waals surface area contributed by atoms with Gasteiger partial charge in [-0.15, -0.1) is 11.3 Å². The van der Waals surface area contributed by atoms with Gasteiger partial charge >= 0.3 is 0 Å². The summed E-state index contributed by atoms with van der Waals surface area (Å²) in [7, 11) is 0. The Labute approximate surface area is 263 Å². The first-order chi connectivity index (χ1) is 22.3. The van der Waals surface area contributed by atoms with Gasteiger partial charge in [-0.25, -0.2) is 0 Å². The Balaban J connectivity index is 1.30. The number of hydrogen-bond acceptors (Lipinski definition) is 1. The summed E-state index contributed by atoms with van der Waals surface area (Å²) in [4.78, 5) is 0. The van der Waals surface area contributed by atoms with Gasteiger partial charge in [0, 0.05) is 47.4 Å². The van der Waals surface area contributed by atoms with Gasteiger partial charge in [0.1, 0.15) is 0 Å². The predicted molar refractivity (Wildman–Crippen MR) is 193 cm³/mol. The van der Waals surface area contributed by atoms with Crippen molar-refractivity contribution in [3.8, 4) is 22.5 Å². The van der Waals surface area contributed by atoms with Gasteiger partial charge in [0.2, 0.25) is 0 Å². The average molecular weight is 591 g/mol. The summed E-state index contributed by atoms with van der Waals surface area (Å²) in [5.74, 6) is 0. The van der Waals surface area contributed by atoms with Crippen molar-refractivity contribution in [3.63, 3.8) is 0 Å². The summed E-state index contributed by atoms with van der Waals surface area (Å²) in [6, 6.07) is 57.6. The molecule has 0 saturated heterocycles. The van der Waals surface area contributed by atoms with E-state index in [-0.39, 0.29) is 0 Å². The Morgan fingerprint density at radius 1 is 0.378 bits per heavy atom. The second-order valence-corrected chi connectivity index (χ2v) is 12.8. The third-order valence-electron chi connectivity index (χ3n) is 9.32. The molecule has 0 spiro atoms. The van der Waals surface area contributed by atoms with Crippen LogP contribution < -0.4 is 0 Å². The maximum absolute atomic E-state index is 2.48. The highest BCUT2D eigenvalue weighted by Gasteiger charge is 2.20. The van der Waals surface area contributed by atoms with Crippen molar-refractivity contribution in [3.05, 3.63) is 158 Å². The van der Waals surface area contributed by atoms with Crippen molar-refractivity contribution >= 4 is 75.1 Å². The van der Waals surface area contributed by atoms with Gasteiger partial charge in [-0.2, -0.15) is 0 Å². The van der Waals surface area contributed by atoms with Crippen LogP contribution in [0.15, 0.2) is 158 Å². The summed E-state index contributed by atoms with van der Waals surface area (Å²) < 4.78 is 7.51. The van der Waals surface area contributed by atoms with E-state index in [0.717, 1.165) is 0 Å². The van der Waals surface area contributed by atoms with Crippen LogP contribution in [0.5, 0.6) is 0 Å². The molecule has 10 rings (SSSR count). The van der Waals surface area contributed by atoms with E-state index < -0.39 is 0 Å². The SMILES string of the molecule is c1ccc(-c2cccc3sc4cccc(-n5c6ccccc6c6cc(-n7c8ccccc8c8ccccc87)ccc65)c4c23)cc1. The molecule has 0 fully saturated rings. The van der Waals surface area contributed by atoms with Gasteiger partial charge in [-0.3, -0.25) is 0 Å². The molecular formula is C42H26N2S. The summed E-state index contributed by atoms with van der Waals surface area (Å²) in [5.41, 5.74) is 9.80. The predicted octanol–water partition coefficient (Wildman–Crippen LogP) is 11.9. The molecule has 0 saturated carbocycles. The van der Waals surface area contributed by atoms with Crippen LogP contribution in [0.4, 0.5) is 0 Å². The van der Waals surface area contributed by atoms with Gasteiger partial charge in [-0.05, 0) is 65.7 Å². The summed E-state index contributed by atoms with van der Waals surface area (Å²) >= 11 is 1.88. The molecule has 0 radical (unpaired) electrons. The van der Waals surface area contributed by atoms with Crippen molar-refractivity contribution < 1.29 is 0 Å². The molecular weight excluding hydrogens is 565 g/mol. The highest BCUT2D eigenvalue weighted by Crippen LogP contribution is 2.45. The van der Waals surface area contributed by atoms with E-state index in [1.165, 1.54) is 86.3 Å². The summed E-state index contributed by atoms with van der Waals surface area (Å²) in [6.07, 6.45) is 0. The van der Waals surface area contributed by atoms with Crippen molar-refractivity contribution in [2.75, 3.05) is 0 Å². The van der Waals surface area contributed by atoms with E-state index in [0.29, 0.717) is 0 Å². The fourth-order valence-electron chi connectivity index (χ4n) is 7.45. The first kappa shape index (κ1) is 24.8. The van der Waals surface area contributed by atoms with Crippen LogP contribution >= 0.6 is 11.3 Å². The average Bonchev–Trinajstić information content (AvgIpc) is 3.76. The number of aromatic nitrogens is 2. The van der Waals surface area contributed by atoms with Crippen LogP contribution in [-0.2, 0) is 0 Å². The maximum Gasteiger partial charge on any atom is 0.0555 e. The molecule has 3 heterocycles. The molecule has 0 aliphatic carbocycles. The second kappa shape index (κ2) is 9.43. The zero-order chi connectivity index (χ0) is 29.5. The van der Waals surface area contributed by atoms with Crippen LogP contribution in [0.3, 0.4) is 0 Å². The van der Waals surface area contributed by atoms with Gasteiger partial charge in [0.25, 0.3) is 0 Å². The monoisotopic (exact) mass is 590 g/mol. The highest BCUT2D eigenvalue weighted by molar-refractivity contribution is 7.26. The molecule has 3 heteroatoms. The van der Waals surface area contributed by atoms with Crippen molar-refractivity contribution in [2.24, 2.45) is 0 Å². The van der Waals surface area contributed by atoms with Crippen molar-refractivity contribution in [2.45, 2.75) is 0 Å². The van der Waals surface area contributed by atoms with Crippen LogP contribution in [-0.4, -0.2) is 9.13 Å². The second-order valence-electron chi connectivity index (χ2n) is 11.7. The van der Waals surface area contributed by atoms with E-state index in [1.807, 2.05) is 11.3 Å². The van der Waals surface area contributed by atoms with Crippen LogP contribution in [0.25, 0.3) is 86.3 Å². The fourth-order valence-corrected chi connectivity index (χ4v) is 8.61. The molecule has 210 valence electrons. The Hall–Kier alpha value is -5.64. The first-order valence-corrected chi connectivity index (χ1v) is 16.2. The Kier molecular flexibility index (Phi) is 5.19. The van der Waals surface area contributed by atoms with E-state index in [2.05, 4.69) is 167 Å². The molecule has 3 aromatic heterocycles. The number of para-hydroxylation sites is 3. The van der Waals surface area contributed by atoms with E-state index in [4.69, 9.17) is 0 Å². The molecule has 0 bridgehead atoms. The molecule has 0 N–H and O–H groups in total. The third kappa shape index (κ3) is 3.50. The van der Waals surface area contributed by atoms with E-state index in [1.54, 1.807) is 0 Å². The molecule has 45 heavy (non-hydrogen) atoms. The minimum absolute atomic E-state index is 1.17. The van der Waals surface area contributed by atoms with Gasteiger partial charge in [-0.1, -0.05) is 103 Å². The normalized spacial score (nSPS) is 12.0. The molecule has 0 atom stereocenters. The van der Waals surface area contributed by atoms with E-state index in [9.17, 15) is 0 Å². The quantitative estimate of drug-likeness (QED) is 0.194. The van der Waals surface area contributed by atoms with E-state index >= 15 is 0 Å². The first-order valence-electron chi connectivity index (χ1n) is 15.4. The van der Waals surface area contributed by atoms with Crippen LogP contribution in [0.2, 0.25) is 0 Å². The van der Waals surface area contributed by atoms with Crippen LogP contribution in [0.1, 0.15) is 0 Å². The Morgan fingerprint density at radius 2 is 0.933 bits per heavy atom. The zero-order valence-corrected chi connectivity index (χ0v) is 25.1. The van der Waals surface area contributed by atoms with Gasteiger partial charge in [0.05, 0.1) is 27.8 Å².